The molecule has 0 fully saturated rings. The summed E-state index contributed by atoms with van der Waals surface area (Å²) in [4.78, 5) is 4.22. The highest BCUT2D eigenvalue weighted by Gasteiger charge is 2.06. The van der Waals surface area contributed by atoms with Crippen molar-refractivity contribution in [2.45, 2.75) is 33.7 Å². The smallest absolute Gasteiger partial charge is 0.191 e. The number of benzene rings is 1. The van der Waals surface area contributed by atoms with E-state index in [0.717, 1.165) is 42.6 Å². The molecular weight excluding hydrogens is 445 g/mol. The van der Waals surface area contributed by atoms with Gasteiger partial charge in [-0.05, 0) is 37.0 Å². The molecule has 0 aliphatic heterocycles. The van der Waals surface area contributed by atoms with Crippen LogP contribution in [0.15, 0.2) is 23.2 Å². The maximum atomic E-state index is 5.59. The van der Waals surface area contributed by atoms with Gasteiger partial charge in [0.1, 0.15) is 0 Å². The maximum Gasteiger partial charge on any atom is 0.191 e. The number of rotatable bonds is 11. The molecule has 0 radical (unpaired) electrons. The minimum atomic E-state index is 0. The van der Waals surface area contributed by atoms with Gasteiger partial charge >= 0.3 is 0 Å². The second-order valence-electron chi connectivity index (χ2n) is 6.07. The number of hydrogen-bond donors (Lipinski definition) is 2. The van der Waals surface area contributed by atoms with E-state index in [4.69, 9.17) is 14.2 Å². The molecule has 0 aliphatic rings. The zero-order valence-electron chi connectivity index (χ0n) is 16.6. The lowest BCUT2D eigenvalue weighted by Crippen LogP contribution is -2.38. The number of methoxy groups -OCH3 is 1. The van der Waals surface area contributed by atoms with Crippen LogP contribution in [0.25, 0.3) is 0 Å². The number of guanidine groups is 1. The Labute approximate surface area is 175 Å². The van der Waals surface area contributed by atoms with Crippen molar-refractivity contribution in [2.75, 3.05) is 40.5 Å². The summed E-state index contributed by atoms with van der Waals surface area (Å²) in [6.07, 6.45) is 1.09. The lowest BCUT2D eigenvalue weighted by Gasteiger charge is -2.14. The summed E-state index contributed by atoms with van der Waals surface area (Å²) in [5.41, 5.74) is 1.09. The number of aliphatic imine (C=N–C) groups is 1. The van der Waals surface area contributed by atoms with E-state index in [-0.39, 0.29) is 24.0 Å². The van der Waals surface area contributed by atoms with Gasteiger partial charge in [-0.3, -0.25) is 4.99 Å². The molecule has 150 valence electrons. The maximum absolute atomic E-state index is 5.59. The summed E-state index contributed by atoms with van der Waals surface area (Å²) in [5, 5.41) is 6.53. The van der Waals surface area contributed by atoms with Crippen molar-refractivity contribution in [3.8, 4) is 11.5 Å². The number of hydrogen-bond acceptors (Lipinski definition) is 4. The van der Waals surface area contributed by atoms with Crippen LogP contribution in [0, 0.1) is 5.92 Å². The van der Waals surface area contributed by atoms with Gasteiger partial charge in [0.2, 0.25) is 0 Å². The third-order valence-electron chi connectivity index (χ3n) is 3.59. The SMILES string of the molecule is CCOc1ccc(CNC(=NC)NCCOCCC(C)C)cc1OC.I. The number of ether oxygens (including phenoxy) is 3. The minimum Gasteiger partial charge on any atom is -0.493 e. The minimum absolute atomic E-state index is 0. The van der Waals surface area contributed by atoms with E-state index in [2.05, 4.69) is 29.5 Å². The molecule has 1 rings (SSSR count). The highest BCUT2D eigenvalue weighted by molar-refractivity contribution is 14.0. The predicted molar refractivity (Wildman–Crippen MR) is 118 cm³/mol. The third kappa shape index (κ3) is 10.1. The average Bonchev–Trinajstić information content (AvgIpc) is 2.61. The second-order valence-corrected chi connectivity index (χ2v) is 6.07. The van der Waals surface area contributed by atoms with E-state index in [9.17, 15) is 0 Å². The fourth-order valence-corrected chi connectivity index (χ4v) is 2.17. The molecule has 0 saturated carbocycles. The Hall–Kier alpha value is -1.22. The molecule has 0 bridgehead atoms. The monoisotopic (exact) mass is 479 g/mol. The zero-order valence-corrected chi connectivity index (χ0v) is 19.0. The van der Waals surface area contributed by atoms with Gasteiger partial charge in [-0.1, -0.05) is 19.9 Å². The molecule has 0 spiro atoms. The summed E-state index contributed by atoms with van der Waals surface area (Å²) in [6, 6.07) is 5.92. The Balaban J connectivity index is 0.00000625. The Morgan fingerprint density at radius 3 is 2.54 bits per heavy atom. The van der Waals surface area contributed by atoms with Crippen molar-refractivity contribution in [1.82, 2.24) is 10.6 Å². The van der Waals surface area contributed by atoms with Crippen LogP contribution in [0.2, 0.25) is 0 Å². The van der Waals surface area contributed by atoms with Gasteiger partial charge in [0.05, 0.1) is 20.3 Å². The van der Waals surface area contributed by atoms with Crippen LogP contribution in [-0.4, -0.2) is 46.5 Å². The highest BCUT2D eigenvalue weighted by Crippen LogP contribution is 2.27. The van der Waals surface area contributed by atoms with Gasteiger partial charge in [0.25, 0.3) is 0 Å². The Morgan fingerprint density at radius 1 is 1.15 bits per heavy atom. The van der Waals surface area contributed by atoms with E-state index in [1.165, 1.54) is 0 Å². The lowest BCUT2D eigenvalue weighted by atomic mass is 10.1. The molecule has 0 saturated heterocycles. The van der Waals surface area contributed by atoms with Gasteiger partial charge in [0.15, 0.2) is 17.5 Å². The zero-order chi connectivity index (χ0) is 18.5. The first kappa shape index (κ1) is 24.8. The Kier molecular flexibility index (Phi) is 14.2. The van der Waals surface area contributed by atoms with Crippen molar-refractivity contribution in [3.63, 3.8) is 0 Å². The number of nitrogens with one attached hydrogen (secondary N) is 2. The van der Waals surface area contributed by atoms with Crippen molar-refractivity contribution in [2.24, 2.45) is 10.9 Å². The molecule has 0 aromatic heterocycles. The Bertz CT molecular complexity index is 525. The summed E-state index contributed by atoms with van der Waals surface area (Å²) in [5.74, 6) is 2.92. The average molecular weight is 479 g/mol. The largest absolute Gasteiger partial charge is 0.493 e. The van der Waals surface area contributed by atoms with E-state index in [0.29, 0.717) is 25.7 Å². The second kappa shape index (κ2) is 14.9. The van der Waals surface area contributed by atoms with E-state index in [1.807, 2.05) is 25.1 Å². The van der Waals surface area contributed by atoms with Crippen LogP contribution in [0.3, 0.4) is 0 Å². The molecule has 6 nitrogen and oxygen atoms in total. The summed E-state index contributed by atoms with van der Waals surface area (Å²) in [6.45, 7) is 9.82. The molecule has 2 N–H and O–H groups in total. The van der Waals surface area contributed by atoms with E-state index >= 15 is 0 Å². The number of halogens is 1. The van der Waals surface area contributed by atoms with Crippen molar-refractivity contribution in [3.05, 3.63) is 23.8 Å². The summed E-state index contributed by atoms with van der Waals surface area (Å²) < 4.78 is 16.5. The standard InChI is InChI=1S/C19H33N3O3.HI/c1-6-25-17-8-7-16(13-18(17)23-5)14-22-19(20-4)21-10-12-24-11-9-15(2)3;/h7-8,13,15H,6,9-12,14H2,1-5H3,(H2,20,21,22);1H. The molecule has 0 atom stereocenters. The van der Waals surface area contributed by atoms with E-state index in [1.54, 1.807) is 14.2 Å². The third-order valence-corrected chi connectivity index (χ3v) is 3.59. The van der Waals surface area contributed by atoms with E-state index < -0.39 is 0 Å². The summed E-state index contributed by atoms with van der Waals surface area (Å²) >= 11 is 0. The van der Waals surface area contributed by atoms with Gasteiger partial charge in [-0.25, -0.2) is 0 Å². The molecule has 1 aromatic carbocycles. The first-order chi connectivity index (χ1) is 12.1. The van der Waals surface area contributed by atoms with Crippen molar-refractivity contribution >= 4 is 29.9 Å². The van der Waals surface area contributed by atoms with Crippen LogP contribution >= 0.6 is 24.0 Å². The van der Waals surface area contributed by atoms with Crippen LogP contribution in [-0.2, 0) is 11.3 Å². The molecule has 1 aromatic rings. The van der Waals surface area contributed by atoms with Gasteiger partial charge in [-0.15, -0.1) is 24.0 Å². The molecule has 0 aliphatic carbocycles. The first-order valence-electron chi connectivity index (χ1n) is 8.92. The van der Waals surface area contributed by atoms with Crippen LogP contribution in [0.4, 0.5) is 0 Å². The topological polar surface area (TPSA) is 64.1 Å². The van der Waals surface area contributed by atoms with Gasteiger partial charge in [-0.2, -0.15) is 0 Å². The van der Waals surface area contributed by atoms with Gasteiger partial charge < -0.3 is 24.8 Å². The van der Waals surface area contributed by atoms with Crippen molar-refractivity contribution < 1.29 is 14.2 Å². The fraction of sp³-hybridized carbons (Fsp3) is 0.632. The molecule has 7 heteroatoms. The van der Waals surface area contributed by atoms with Crippen LogP contribution in [0.1, 0.15) is 32.8 Å². The normalized spacial score (nSPS) is 11.1. The molecular formula is C19H34IN3O3. The molecule has 0 heterocycles. The Morgan fingerprint density at radius 2 is 1.92 bits per heavy atom. The van der Waals surface area contributed by atoms with Gasteiger partial charge in [0, 0.05) is 26.7 Å². The van der Waals surface area contributed by atoms with Crippen LogP contribution < -0.4 is 20.1 Å². The summed E-state index contributed by atoms with van der Waals surface area (Å²) in [7, 11) is 3.41. The predicted octanol–water partition coefficient (Wildman–Crippen LogP) is 3.44. The van der Waals surface area contributed by atoms with Crippen molar-refractivity contribution in [1.29, 1.82) is 0 Å². The number of nitrogens with zero attached hydrogens (tertiary/aromatic N) is 1. The highest BCUT2D eigenvalue weighted by atomic mass is 127. The quantitative estimate of drug-likeness (QED) is 0.220. The molecule has 0 amide bonds. The van der Waals surface area contributed by atoms with Crippen LogP contribution in [0.5, 0.6) is 11.5 Å². The first-order valence-corrected chi connectivity index (χ1v) is 8.92. The lowest BCUT2D eigenvalue weighted by molar-refractivity contribution is 0.128. The fourth-order valence-electron chi connectivity index (χ4n) is 2.17. The molecule has 0 unspecified atom stereocenters. The molecule has 26 heavy (non-hydrogen) atoms.